The number of hydrogen-bond donors (Lipinski definition) is 1. The van der Waals surface area contributed by atoms with Crippen LogP contribution in [0.3, 0.4) is 0 Å². The first kappa shape index (κ1) is 8.68. The van der Waals surface area contributed by atoms with Crippen LogP contribution in [0.1, 0.15) is 21.6 Å². The molecule has 0 saturated carbocycles. The molecule has 5 heteroatoms. The number of rotatable bonds is 1. The zero-order valence-corrected chi connectivity index (χ0v) is 7.74. The van der Waals surface area contributed by atoms with Gasteiger partial charge in [0.2, 0.25) is 0 Å². The molecule has 0 aromatic carbocycles. The third-order valence-corrected chi connectivity index (χ3v) is 2.17. The first-order valence-corrected chi connectivity index (χ1v) is 4.06. The fourth-order valence-corrected chi connectivity index (χ4v) is 1.45. The van der Waals surface area contributed by atoms with Crippen molar-refractivity contribution in [3.63, 3.8) is 0 Å². The lowest BCUT2D eigenvalue weighted by Gasteiger charge is -1.99. The number of fused-ring (bicyclic) bond motifs is 1. The highest BCUT2D eigenvalue weighted by molar-refractivity contribution is 5.95. The van der Waals surface area contributed by atoms with Crippen LogP contribution in [-0.2, 0) is 0 Å². The van der Waals surface area contributed by atoms with E-state index in [0.717, 1.165) is 0 Å². The molecule has 0 aliphatic carbocycles. The smallest absolute Gasteiger partial charge is 0.337 e. The molecular weight excluding hydrogens is 184 g/mol. The van der Waals surface area contributed by atoms with Crippen molar-refractivity contribution in [3.05, 3.63) is 23.0 Å². The van der Waals surface area contributed by atoms with Crippen LogP contribution in [0.5, 0.6) is 0 Å². The maximum absolute atomic E-state index is 10.8. The lowest BCUT2D eigenvalue weighted by atomic mass is 10.1. The SMILES string of the molecule is Cc1noc2ncc(C(=O)O)c(C)c12. The number of carboxylic acids is 1. The topological polar surface area (TPSA) is 76.2 Å². The predicted molar refractivity (Wildman–Crippen MR) is 48.2 cm³/mol. The number of hydrogen-bond acceptors (Lipinski definition) is 4. The van der Waals surface area contributed by atoms with Crippen molar-refractivity contribution in [1.82, 2.24) is 10.1 Å². The van der Waals surface area contributed by atoms with Crippen LogP contribution >= 0.6 is 0 Å². The summed E-state index contributed by atoms with van der Waals surface area (Å²) in [7, 11) is 0. The Morgan fingerprint density at radius 1 is 1.50 bits per heavy atom. The van der Waals surface area contributed by atoms with Crippen LogP contribution in [0.15, 0.2) is 10.7 Å². The fraction of sp³-hybridized carbons (Fsp3) is 0.222. The van der Waals surface area contributed by atoms with E-state index in [1.807, 2.05) is 0 Å². The minimum absolute atomic E-state index is 0.184. The molecule has 0 atom stereocenters. The van der Waals surface area contributed by atoms with Crippen LogP contribution in [-0.4, -0.2) is 21.2 Å². The van der Waals surface area contributed by atoms with Gasteiger partial charge in [0.15, 0.2) is 0 Å². The average Bonchev–Trinajstić information content (AvgIpc) is 2.48. The predicted octanol–water partition coefficient (Wildman–Crippen LogP) is 1.54. The van der Waals surface area contributed by atoms with E-state index in [9.17, 15) is 4.79 Å². The summed E-state index contributed by atoms with van der Waals surface area (Å²) in [6.45, 7) is 3.48. The van der Waals surface area contributed by atoms with E-state index in [0.29, 0.717) is 22.4 Å². The largest absolute Gasteiger partial charge is 0.478 e. The Bertz CT molecular complexity index is 516. The molecule has 5 nitrogen and oxygen atoms in total. The maximum atomic E-state index is 10.8. The van der Waals surface area contributed by atoms with Gasteiger partial charge >= 0.3 is 5.97 Å². The van der Waals surface area contributed by atoms with Gasteiger partial charge in [-0.3, -0.25) is 0 Å². The highest BCUT2D eigenvalue weighted by Crippen LogP contribution is 2.22. The molecule has 72 valence electrons. The number of nitrogens with zero attached hydrogens (tertiary/aromatic N) is 2. The zero-order valence-electron chi connectivity index (χ0n) is 7.74. The average molecular weight is 192 g/mol. The second kappa shape index (κ2) is 2.80. The van der Waals surface area contributed by atoms with Gasteiger partial charge in [0.05, 0.1) is 16.6 Å². The molecular formula is C9H8N2O3. The highest BCUT2D eigenvalue weighted by Gasteiger charge is 2.15. The van der Waals surface area contributed by atoms with E-state index in [-0.39, 0.29) is 5.56 Å². The van der Waals surface area contributed by atoms with E-state index in [1.54, 1.807) is 13.8 Å². The van der Waals surface area contributed by atoms with Crippen molar-refractivity contribution in [2.75, 3.05) is 0 Å². The molecule has 0 unspecified atom stereocenters. The lowest BCUT2D eigenvalue weighted by molar-refractivity contribution is 0.0696. The number of aromatic nitrogens is 2. The number of pyridine rings is 1. The summed E-state index contributed by atoms with van der Waals surface area (Å²) in [5.74, 6) is -0.988. The Balaban J connectivity index is 2.86. The van der Waals surface area contributed by atoms with Crippen LogP contribution in [0.25, 0.3) is 11.1 Å². The Morgan fingerprint density at radius 2 is 2.21 bits per heavy atom. The van der Waals surface area contributed by atoms with Crippen molar-refractivity contribution < 1.29 is 14.4 Å². The summed E-state index contributed by atoms with van der Waals surface area (Å²) in [5.41, 5.74) is 1.86. The summed E-state index contributed by atoms with van der Waals surface area (Å²) in [6, 6.07) is 0. The molecule has 2 aromatic heterocycles. The van der Waals surface area contributed by atoms with E-state index in [2.05, 4.69) is 10.1 Å². The molecule has 0 fully saturated rings. The third-order valence-electron chi connectivity index (χ3n) is 2.17. The van der Waals surface area contributed by atoms with Gasteiger partial charge in [0.25, 0.3) is 5.71 Å². The molecule has 1 N–H and O–H groups in total. The highest BCUT2D eigenvalue weighted by atomic mass is 16.5. The molecule has 0 aliphatic rings. The van der Waals surface area contributed by atoms with E-state index in [4.69, 9.17) is 9.63 Å². The van der Waals surface area contributed by atoms with Crippen molar-refractivity contribution in [2.24, 2.45) is 0 Å². The van der Waals surface area contributed by atoms with Crippen molar-refractivity contribution in [2.45, 2.75) is 13.8 Å². The minimum Gasteiger partial charge on any atom is -0.478 e. The van der Waals surface area contributed by atoms with Crippen LogP contribution in [0.4, 0.5) is 0 Å². The molecule has 2 heterocycles. The Labute approximate surface area is 79.3 Å². The van der Waals surface area contributed by atoms with Gasteiger partial charge < -0.3 is 9.63 Å². The Morgan fingerprint density at radius 3 is 2.86 bits per heavy atom. The summed E-state index contributed by atoms with van der Waals surface area (Å²) in [4.78, 5) is 14.7. The molecule has 0 aliphatic heterocycles. The Hall–Kier alpha value is -1.91. The molecule has 0 saturated heterocycles. The second-order valence-electron chi connectivity index (χ2n) is 3.05. The molecule has 0 spiro atoms. The number of carboxylic acid groups (broad SMARTS) is 1. The summed E-state index contributed by atoms with van der Waals surface area (Å²) >= 11 is 0. The van der Waals surface area contributed by atoms with Crippen molar-refractivity contribution in [1.29, 1.82) is 0 Å². The summed E-state index contributed by atoms with van der Waals surface area (Å²) < 4.78 is 4.91. The third kappa shape index (κ3) is 1.06. The second-order valence-corrected chi connectivity index (χ2v) is 3.05. The Kier molecular flexibility index (Phi) is 1.73. The maximum Gasteiger partial charge on any atom is 0.337 e. The molecule has 0 amide bonds. The van der Waals surface area contributed by atoms with E-state index >= 15 is 0 Å². The fourth-order valence-electron chi connectivity index (χ4n) is 1.45. The van der Waals surface area contributed by atoms with Gasteiger partial charge in [-0.15, -0.1) is 0 Å². The molecule has 2 aromatic rings. The van der Waals surface area contributed by atoms with Crippen LogP contribution < -0.4 is 0 Å². The van der Waals surface area contributed by atoms with Crippen molar-refractivity contribution in [3.8, 4) is 0 Å². The summed E-state index contributed by atoms with van der Waals surface area (Å²) in [6.07, 6.45) is 1.28. The standard InChI is InChI=1S/C9H8N2O3/c1-4-6(9(12)13)3-10-8-7(4)5(2)11-14-8/h3H,1-2H3,(H,12,13). The van der Waals surface area contributed by atoms with Gasteiger partial charge in [-0.05, 0) is 19.4 Å². The zero-order chi connectivity index (χ0) is 10.3. The van der Waals surface area contributed by atoms with E-state index in [1.165, 1.54) is 6.20 Å². The number of aromatic carboxylic acids is 1. The summed E-state index contributed by atoms with van der Waals surface area (Å²) in [5, 5.41) is 13.3. The molecule has 0 bridgehead atoms. The monoisotopic (exact) mass is 192 g/mol. The van der Waals surface area contributed by atoms with Crippen molar-refractivity contribution >= 4 is 17.1 Å². The lowest BCUT2D eigenvalue weighted by Crippen LogP contribution is -2.00. The first-order chi connectivity index (χ1) is 6.61. The van der Waals surface area contributed by atoms with Gasteiger partial charge in [0.1, 0.15) is 0 Å². The van der Waals surface area contributed by atoms with Gasteiger partial charge in [-0.1, -0.05) is 5.16 Å². The number of carbonyl (C=O) groups is 1. The van der Waals surface area contributed by atoms with Crippen LogP contribution in [0.2, 0.25) is 0 Å². The van der Waals surface area contributed by atoms with Crippen LogP contribution in [0, 0.1) is 13.8 Å². The van der Waals surface area contributed by atoms with Gasteiger partial charge in [-0.2, -0.15) is 0 Å². The molecule has 0 radical (unpaired) electrons. The van der Waals surface area contributed by atoms with E-state index < -0.39 is 5.97 Å². The number of aryl methyl sites for hydroxylation is 2. The minimum atomic E-state index is -0.988. The van der Waals surface area contributed by atoms with Gasteiger partial charge in [0, 0.05) is 6.20 Å². The molecule has 14 heavy (non-hydrogen) atoms. The normalized spacial score (nSPS) is 10.7. The molecule has 2 rings (SSSR count). The van der Waals surface area contributed by atoms with Gasteiger partial charge in [-0.25, -0.2) is 9.78 Å². The first-order valence-electron chi connectivity index (χ1n) is 4.06. The quantitative estimate of drug-likeness (QED) is 0.741.